The van der Waals surface area contributed by atoms with E-state index >= 15 is 0 Å². The van der Waals surface area contributed by atoms with Crippen molar-refractivity contribution in [3.8, 4) is 12.3 Å². The first-order chi connectivity index (χ1) is 7.43. The van der Waals surface area contributed by atoms with Gasteiger partial charge in [0.25, 0.3) is 5.24 Å². The van der Waals surface area contributed by atoms with Gasteiger partial charge in [-0.05, 0) is 49.9 Å². The Morgan fingerprint density at radius 2 is 2.00 bits per heavy atom. The van der Waals surface area contributed by atoms with E-state index in [1.807, 2.05) is 24.3 Å². The number of benzene rings is 1. The molecule has 0 bridgehead atoms. The van der Waals surface area contributed by atoms with E-state index in [1.165, 1.54) is 0 Å². The Bertz CT molecular complexity index is 420. The normalized spacial score (nSPS) is 10.6. The number of hydrogen-bond donors (Lipinski definition) is 1. The Hall–Kier alpha value is -0.920. The molecule has 1 aromatic carbocycles. The SMILES string of the molecule is C#CC(C)(C)NC(=O)Sc1ccc(Br)cc1. The number of thioether (sulfide) groups is 1. The summed E-state index contributed by atoms with van der Waals surface area (Å²) in [5, 5.41) is 2.60. The minimum absolute atomic E-state index is 0.148. The second-order valence-electron chi connectivity index (χ2n) is 3.74. The van der Waals surface area contributed by atoms with Crippen LogP contribution in [0.2, 0.25) is 0 Å². The van der Waals surface area contributed by atoms with Crippen LogP contribution in [0.4, 0.5) is 4.79 Å². The van der Waals surface area contributed by atoms with Gasteiger partial charge in [0, 0.05) is 9.37 Å². The third-order valence-corrected chi connectivity index (χ3v) is 3.12. The van der Waals surface area contributed by atoms with Crippen LogP contribution in [0.3, 0.4) is 0 Å². The number of carbonyl (C=O) groups excluding carboxylic acids is 1. The van der Waals surface area contributed by atoms with Gasteiger partial charge < -0.3 is 5.32 Å². The van der Waals surface area contributed by atoms with Gasteiger partial charge in [-0.25, -0.2) is 0 Å². The smallest absolute Gasteiger partial charge is 0.285 e. The minimum atomic E-state index is -0.612. The Morgan fingerprint density at radius 3 is 2.50 bits per heavy atom. The van der Waals surface area contributed by atoms with Crippen LogP contribution in [0.25, 0.3) is 0 Å². The number of terminal acetylenes is 1. The largest absolute Gasteiger partial charge is 0.331 e. The maximum absolute atomic E-state index is 11.6. The first-order valence-corrected chi connectivity index (χ1v) is 6.27. The summed E-state index contributed by atoms with van der Waals surface area (Å²) in [6.45, 7) is 3.57. The van der Waals surface area contributed by atoms with E-state index in [0.717, 1.165) is 21.1 Å². The van der Waals surface area contributed by atoms with Gasteiger partial charge in [0.05, 0.1) is 5.54 Å². The molecule has 1 amide bonds. The molecule has 0 aliphatic rings. The van der Waals surface area contributed by atoms with Crippen molar-refractivity contribution in [1.82, 2.24) is 5.32 Å². The van der Waals surface area contributed by atoms with Crippen LogP contribution in [-0.2, 0) is 0 Å². The second kappa shape index (κ2) is 5.42. The van der Waals surface area contributed by atoms with Crippen LogP contribution in [-0.4, -0.2) is 10.8 Å². The van der Waals surface area contributed by atoms with Crippen molar-refractivity contribution in [2.24, 2.45) is 0 Å². The Labute approximate surface area is 108 Å². The summed E-state index contributed by atoms with van der Waals surface area (Å²) in [4.78, 5) is 12.5. The molecule has 16 heavy (non-hydrogen) atoms. The molecule has 0 unspecified atom stereocenters. The molecule has 0 saturated heterocycles. The zero-order valence-corrected chi connectivity index (χ0v) is 11.5. The summed E-state index contributed by atoms with van der Waals surface area (Å²) in [7, 11) is 0. The molecule has 0 fully saturated rings. The van der Waals surface area contributed by atoms with E-state index in [4.69, 9.17) is 6.42 Å². The van der Waals surface area contributed by atoms with E-state index in [0.29, 0.717) is 0 Å². The van der Waals surface area contributed by atoms with Crippen molar-refractivity contribution < 1.29 is 4.79 Å². The number of amides is 1. The molecule has 0 aromatic heterocycles. The lowest BCUT2D eigenvalue weighted by Crippen LogP contribution is -2.39. The van der Waals surface area contributed by atoms with Crippen molar-refractivity contribution in [2.75, 3.05) is 0 Å². The fourth-order valence-electron chi connectivity index (χ4n) is 0.926. The minimum Gasteiger partial charge on any atom is -0.331 e. The lowest BCUT2D eigenvalue weighted by Gasteiger charge is -2.18. The maximum atomic E-state index is 11.6. The van der Waals surface area contributed by atoms with Gasteiger partial charge in [0.15, 0.2) is 0 Å². The first-order valence-electron chi connectivity index (χ1n) is 4.66. The fourth-order valence-corrected chi connectivity index (χ4v) is 1.98. The molecule has 1 rings (SSSR count). The van der Waals surface area contributed by atoms with Gasteiger partial charge >= 0.3 is 0 Å². The van der Waals surface area contributed by atoms with Crippen molar-refractivity contribution in [2.45, 2.75) is 24.3 Å². The van der Waals surface area contributed by atoms with Crippen LogP contribution < -0.4 is 5.32 Å². The first kappa shape index (κ1) is 13.1. The second-order valence-corrected chi connectivity index (χ2v) is 5.70. The van der Waals surface area contributed by atoms with Gasteiger partial charge in [0.2, 0.25) is 0 Å². The monoisotopic (exact) mass is 297 g/mol. The molecule has 0 spiro atoms. The summed E-state index contributed by atoms with van der Waals surface area (Å²) in [5.41, 5.74) is -0.612. The van der Waals surface area contributed by atoms with Crippen LogP contribution in [0.1, 0.15) is 13.8 Å². The average molecular weight is 298 g/mol. The third kappa shape index (κ3) is 4.30. The molecular formula is C12H12BrNOS. The highest BCUT2D eigenvalue weighted by atomic mass is 79.9. The van der Waals surface area contributed by atoms with Crippen molar-refractivity contribution in [1.29, 1.82) is 0 Å². The van der Waals surface area contributed by atoms with E-state index in [-0.39, 0.29) is 5.24 Å². The van der Waals surface area contributed by atoms with Crippen LogP contribution in [0.15, 0.2) is 33.6 Å². The number of rotatable bonds is 2. The predicted molar refractivity (Wildman–Crippen MR) is 71.4 cm³/mol. The molecule has 0 heterocycles. The van der Waals surface area contributed by atoms with Gasteiger partial charge in [-0.3, -0.25) is 4.79 Å². The number of halogens is 1. The molecule has 0 aliphatic heterocycles. The fraction of sp³-hybridized carbons (Fsp3) is 0.250. The quantitative estimate of drug-likeness (QED) is 0.667. The summed E-state index contributed by atoms with van der Waals surface area (Å²) >= 11 is 4.46. The van der Waals surface area contributed by atoms with Gasteiger partial charge in [-0.2, -0.15) is 0 Å². The summed E-state index contributed by atoms with van der Waals surface area (Å²) in [6, 6.07) is 7.53. The van der Waals surface area contributed by atoms with Gasteiger partial charge in [-0.15, -0.1) is 6.42 Å². The molecular weight excluding hydrogens is 286 g/mol. The maximum Gasteiger partial charge on any atom is 0.285 e. The Balaban J connectivity index is 2.59. The molecule has 1 N–H and O–H groups in total. The standard InChI is InChI=1S/C12H12BrNOS/c1-4-12(2,3)14-11(15)16-10-7-5-9(13)6-8-10/h1,5-8H,2-3H3,(H,14,15). The zero-order valence-electron chi connectivity index (χ0n) is 9.08. The molecule has 0 aliphatic carbocycles. The summed E-state index contributed by atoms with van der Waals surface area (Å²) < 4.78 is 0.987. The van der Waals surface area contributed by atoms with Gasteiger partial charge in [-0.1, -0.05) is 21.9 Å². The zero-order chi connectivity index (χ0) is 12.2. The highest BCUT2D eigenvalue weighted by Gasteiger charge is 2.17. The summed E-state index contributed by atoms with van der Waals surface area (Å²) in [5.74, 6) is 2.51. The number of nitrogens with one attached hydrogen (secondary N) is 1. The van der Waals surface area contributed by atoms with Crippen LogP contribution >= 0.6 is 27.7 Å². The molecule has 1 aromatic rings. The van der Waals surface area contributed by atoms with Crippen molar-refractivity contribution >= 4 is 32.9 Å². The van der Waals surface area contributed by atoms with Gasteiger partial charge in [0.1, 0.15) is 0 Å². The molecule has 2 nitrogen and oxygen atoms in total. The van der Waals surface area contributed by atoms with E-state index in [1.54, 1.807) is 13.8 Å². The lowest BCUT2D eigenvalue weighted by atomic mass is 10.1. The molecule has 84 valence electrons. The molecule has 0 atom stereocenters. The molecule has 4 heteroatoms. The van der Waals surface area contributed by atoms with Crippen LogP contribution in [0.5, 0.6) is 0 Å². The van der Waals surface area contributed by atoms with E-state index in [9.17, 15) is 4.79 Å². The predicted octanol–water partition coefficient (Wildman–Crippen LogP) is 3.66. The molecule has 0 saturated carbocycles. The van der Waals surface area contributed by atoms with E-state index < -0.39 is 5.54 Å². The number of carbonyl (C=O) groups is 1. The average Bonchev–Trinajstić information content (AvgIpc) is 2.21. The lowest BCUT2D eigenvalue weighted by molar-refractivity contribution is 0.256. The third-order valence-electron chi connectivity index (χ3n) is 1.80. The topological polar surface area (TPSA) is 29.1 Å². The van der Waals surface area contributed by atoms with Crippen molar-refractivity contribution in [3.05, 3.63) is 28.7 Å². The highest BCUT2D eigenvalue weighted by Crippen LogP contribution is 2.21. The summed E-state index contributed by atoms with van der Waals surface area (Å²) in [6.07, 6.45) is 5.29. The number of hydrogen-bond acceptors (Lipinski definition) is 2. The van der Waals surface area contributed by atoms with Crippen LogP contribution in [0, 0.1) is 12.3 Å². The molecule has 0 radical (unpaired) electrons. The Morgan fingerprint density at radius 1 is 1.44 bits per heavy atom. The van der Waals surface area contributed by atoms with Crippen molar-refractivity contribution in [3.63, 3.8) is 0 Å². The Kier molecular flexibility index (Phi) is 4.45. The highest BCUT2D eigenvalue weighted by molar-refractivity contribution is 9.10. The van der Waals surface area contributed by atoms with E-state index in [2.05, 4.69) is 27.2 Å².